The highest BCUT2D eigenvalue weighted by Gasteiger charge is 2.32. The Labute approximate surface area is 182 Å². The number of aryl methyl sites for hydroxylation is 1. The van der Waals surface area contributed by atoms with Crippen LogP contribution in [-0.2, 0) is 23.9 Å². The van der Waals surface area contributed by atoms with E-state index in [-0.39, 0.29) is 6.54 Å². The molecule has 9 heteroatoms. The van der Waals surface area contributed by atoms with Crippen molar-refractivity contribution in [1.82, 2.24) is 15.5 Å². The van der Waals surface area contributed by atoms with Gasteiger partial charge in [0.15, 0.2) is 0 Å². The van der Waals surface area contributed by atoms with Crippen molar-refractivity contribution in [3.05, 3.63) is 34.9 Å². The number of carbonyl (C=O) groups excluding carboxylic acids is 4. The summed E-state index contributed by atoms with van der Waals surface area (Å²) in [4.78, 5) is 49.9. The predicted octanol–water partition coefficient (Wildman–Crippen LogP) is 1.58. The number of benzene rings is 1. The second-order valence-electron chi connectivity index (χ2n) is 7.73. The summed E-state index contributed by atoms with van der Waals surface area (Å²) in [5.74, 6) is -2.02. The van der Waals surface area contributed by atoms with Crippen molar-refractivity contribution < 1.29 is 28.7 Å². The zero-order valence-electron chi connectivity index (χ0n) is 18.7. The van der Waals surface area contributed by atoms with Crippen molar-refractivity contribution in [2.75, 3.05) is 20.2 Å². The fraction of sp³-hybridized carbons (Fsp3) is 0.455. The summed E-state index contributed by atoms with van der Waals surface area (Å²) >= 11 is 0. The van der Waals surface area contributed by atoms with Crippen LogP contribution in [0, 0.1) is 26.3 Å². The molecule has 0 bridgehead atoms. The van der Waals surface area contributed by atoms with E-state index >= 15 is 0 Å². The van der Waals surface area contributed by atoms with Gasteiger partial charge in [-0.15, -0.1) is 0 Å². The summed E-state index contributed by atoms with van der Waals surface area (Å²) in [5.41, 5.74) is 1.40. The molecule has 0 spiro atoms. The summed E-state index contributed by atoms with van der Waals surface area (Å²) in [6, 6.07) is 6.25. The van der Waals surface area contributed by atoms with Crippen LogP contribution in [0.15, 0.2) is 18.2 Å². The maximum absolute atomic E-state index is 12.9. The molecule has 168 valence electrons. The first-order valence-corrected chi connectivity index (χ1v) is 9.57. The van der Waals surface area contributed by atoms with E-state index in [1.165, 1.54) is 7.11 Å². The number of esters is 1. The van der Waals surface area contributed by atoms with Crippen molar-refractivity contribution in [2.24, 2.45) is 0 Å². The third-order valence-electron chi connectivity index (χ3n) is 4.27. The largest absolute Gasteiger partial charge is 0.468 e. The lowest BCUT2D eigenvalue weighted by atomic mass is 9.95. The van der Waals surface area contributed by atoms with Crippen LogP contribution in [-0.4, -0.2) is 54.6 Å². The molecule has 9 nitrogen and oxygen atoms in total. The minimum absolute atomic E-state index is 0.389. The van der Waals surface area contributed by atoms with Crippen molar-refractivity contribution in [2.45, 2.75) is 46.3 Å². The highest BCUT2D eigenvalue weighted by Crippen LogP contribution is 2.26. The number of amides is 3. The zero-order chi connectivity index (χ0) is 23.8. The third-order valence-corrected chi connectivity index (χ3v) is 4.27. The number of hydrogen-bond acceptors (Lipinski definition) is 6. The van der Waals surface area contributed by atoms with Crippen LogP contribution in [0.3, 0.4) is 0 Å². The molecule has 0 aliphatic rings. The Morgan fingerprint density at radius 2 is 1.77 bits per heavy atom. The van der Waals surface area contributed by atoms with Gasteiger partial charge in [0.1, 0.15) is 24.7 Å². The van der Waals surface area contributed by atoms with Gasteiger partial charge >= 0.3 is 12.1 Å². The second kappa shape index (κ2) is 11.0. The molecule has 1 rings (SSSR count). The van der Waals surface area contributed by atoms with Gasteiger partial charge in [0.25, 0.3) is 5.91 Å². The number of methoxy groups -OCH3 is 1. The number of terminal acetylenes is 1. The molecule has 1 aromatic rings. The van der Waals surface area contributed by atoms with Gasteiger partial charge in [-0.05, 0) is 51.3 Å². The molecule has 0 aliphatic heterocycles. The van der Waals surface area contributed by atoms with Crippen molar-refractivity contribution in [3.8, 4) is 12.5 Å². The quantitative estimate of drug-likeness (QED) is 0.385. The molecule has 1 aromatic carbocycles. The monoisotopic (exact) mass is 431 g/mol. The molecule has 1 atom stereocenters. The Bertz CT molecular complexity index is 882. The van der Waals surface area contributed by atoms with E-state index in [1.54, 1.807) is 39.8 Å². The normalized spacial score (nSPS) is 11.5. The van der Waals surface area contributed by atoms with Gasteiger partial charge in [-0.1, -0.05) is 24.6 Å². The zero-order valence-corrected chi connectivity index (χ0v) is 18.7. The van der Waals surface area contributed by atoms with Gasteiger partial charge in [0, 0.05) is 6.04 Å². The average molecular weight is 431 g/mol. The molecule has 0 saturated heterocycles. The van der Waals surface area contributed by atoms with E-state index in [4.69, 9.17) is 11.2 Å². The maximum Gasteiger partial charge on any atom is 0.408 e. The highest BCUT2D eigenvalue weighted by atomic mass is 16.6. The Morgan fingerprint density at radius 3 is 2.32 bits per heavy atom. The van der Waals surface area contributed by atoms with E-state index in [0.717, 1.165) is 16.0 Å². The molecule has 0 heterocycles. The van der Waals surface area contributed by atoms with Crippen molar-refractivity contribution in [3.63, 3.8) is 0 Å². The maximum atomic E-state index is 12.9. The standard InChI is InChI=1S/C22H29N3O6/c1-8-25(17(26)12-24-21(29)31-22(4,5)6)19(20(28)23-13-18(27)30-7)16-11-9-10-14(2)15(16)3/h1,9-11,19H,12-13H2,2-7H3,(H,23,28)(H,24,29). The first-order chi connectivity index (χ1) is 14.4. The van der Waals surface area contributed by atoms with Gasteiger partial charge < -0.3 is 20.1 Å². The molecule has 0 aliphatic carbocycles. The average Bonchev–Trinajstić information content (AvgIpc) is 2.69. The topological polar surface area (TPSA) is 114 Å². The molecule has 0 fully saturated rings. The Hall–Kier alpha value is -3.54. The molecule has 31 heavy (non-hydrogen) atoms. The number of alkyl carbamates (subject to hydrolysis) is 1. The van der Waals surface area contributed by atoms with Crippen molar-refractivity contribution >= 4 is 23.9 Å². The van der Waals surface area contributed by atoms with Gasteiger partial charge in [-0.3, -0.25) is 19.3 Å². The first-order valence-electron chi connectivity index (χ1n) is 9.57. The molecule has 0 radical (unpaired) electrons. The predicted molar refractivity (Wildman–Crippen MR) is 114 cm³/mol. The van der Waals surface area contributed by atoms with Gasteiger partial charge in [0.05, 0.1) is 7.11 Å². The van der Waals surface area contributed by atoms with Crippen LogP contribution in [0.4, 0.5) is 4.79 Å². The third kappa shape index (κ3) is 7.66. The molecule has 0 saturated carbocycles. The van der Waals surface area contributed by atoms with Crippen LogP contribution in [0.2, 0.25) is 0 Å². The summed E-state index contributed by atoms with van der Waals surface area (Å²) in [6.07, 6.45) is 4.77. The molecule has 3 amide bonds. The summed E-state index contributed by atoms with van der Waals surface area (Å²) in [7, 11) is 1.19. The molecule has 2 N–H and O–H groups in total. The Morgan fingerprint density at radius 1 is 1.13 bits per heavy atom. The minimum Gasteiger partial charge on any atom is -0.468 e. The fourth-order valence-corrected chi connectivity index (χ4v) is 2.63. The van der Waals surface area contributed by atoms with E-state index in [2.05, 4.69) is 21.4 Å². The van der Waals surface area contributed by atoms with Crippen LogP contribution in [0.1, 0.15) is 43.5 Å². The molecule has 1 unspecified atom stereocenters. The lowest BCUT2D eigenvalue weighted by molar-refractivity contribution is -0.142. The number of nitrogens with zero attached hydrogens (tertiary/aromatic N) is 1. The molecular weight excluding hydrogens is 402 g/mol. The summed E-state index contributed by atoms with van der Waals surface area (Å²) in [6.45, 7) is 7.83. The number of hydrogen-bond donors (Lipinski definition) is 2. The van der Waals surface area contributed by atoms with E-state index < -0.39 is 42.1 Å². The SMILES string of the molecule is C#CN(C(=O)CNC(=O)OC(C)(C)C)C(C(=O)NCC(=O)OC)c1cccc(C)c1C. The Balaban J connectivity index is 3.16. The highest BCUT2D eigenvalue weighted by molar-refractivity contribution is 5.93. The van der Waals surface area contributed by atoms with Crippen LogP contribution < -0.4 is 10.6 Å². The van der Waals surface area contributed by atoms with E-state index in [1.807, 2.05) is 13.0 Å². The van der Waals surface area contributed by atoms with Crippen LogP contribution in [0.5, 0.6) is 0 Å². The van der Waals surface area contributed by atoms with Crippen molar-refractivity contribution in [1.29, 1.82) is 0 Å². The summed E-state index contributed by atoms with van der Waals surface area (Å²) < 4.78 is 9.64. The number of rotatable bonds is 7. The smallest absolute Gasteiger partial charge is 0.408 e. The van der Waals surface area contributed by atoms with E-state index in [0.29, 0.717) is 5.56 Å². The van der Waals surface area contributed by atoms with Crippen LogP contribution in [0.25, 0.3) is 0 Å². The second-order valence-corrected chi connectivity index (χ2v) is 7.73. The number of nitrogens with one attached hydrogen (secondary N) is 2. The van der Waals surface area contributed by atoms with Gasteiger partial charge in [-0.25, -0.2) is 4.79 Å². The molecular formula is C22H29N3O6. The number of ether oxygens (including phenoxy) is 2. The lowest BCUT2D eigenvalue weighted by Gasteiger charge is -2.28. The molecule has 0 aromatic heterocycles. The minimum atomic E-state index is -1.22. The lowest BCUT2D eigenvalue weighted by Crippen LogP contribution is -2.46. The fourth-order valence-electron chi connectivity index (χ4n) is 2.63. The Kier molecular flexibility index (Phi) is 9.06. The van der Waals surface area contributed by atoms with E-state index in [9.17, 15) is 19.2 Å². The van der Waals surface area contributed by atoms with Gasteiger partial charge in [-0.2, -0.15) is 0 Å². The number of carbonyl (C=O) groups is 4. The van der Waals surface area contributed by atoms with Gasteiger partial charge in [0.2, 0.25) is 5.91 Å². The first kappa shape index (κ1) is 25.5. The van der Waals surface area contributed by atoms with Crippen LogP contribution >= 0.6 is 0 Å². The summed E-state index contributed by atoms with van der Waals surface area (Å²) in [5, 5.41) is 4.76.